The minimum absolute atomic E-state index is 0.110. The van der Waals surface area contributed by atoms with E-state index in [9.17, 15) is 10.1 Å². The molecule has 0 atom stereocenters. The van der Waals surface area contributed by atoms with Crippen LogP contribution in [0.1, 0.15) is 24.5 Å². The first kappa shape index (κ1) is 12.7. The lowest BCUT2D eigenvalue weighted by Crippen LogP contribution is -1.97. The van der Waals surface area contributed by atoms with Gasteiger partial charge in [0.05, 0.1) is 17.6 Å². The molecule has 0 radical (unpaired) electrons. The molecule has 0 spiro atoms. The van der Waals surface area contributed by atoms with Crippen LogP contribution in [0, 0.1) is 21.4 Å². The number of allylic oxidation sites excluding steroid dienone is 1. The Kier molecular flexibility index (Phi) is 4.23. The van der Waals surface area contributed by atoms with E-state index in [0.29, 0.717) is 23.3 Å². The molecule has 0 heterocycles. The monoisotopic (exact) mass is 232 g/mol. The van der Waals surface area contributed by atoms with Crippen molar-refractivity contribution < 1.29 is 9.66 Å². The van der Waals surface area contributed by atoms with Crippen LogP contribution >= 0.6 is 0 Å². The van der Waals surface area contributed by atoms with E-state index >= 15 is 0 Å². The zero-order chi connectivity index (χ0) is 12.8. The van der Waals surface area contributed by atoms with E-state index in [1.807, 2.05) is 6.07 Å². The molecule has 0 aliphatic heterocycles. The van der Waals surface area contributed by atoms with E-state index in [2.05, 4.69) is 0 Å². The van der Waals surface area contributed by atoms with Crippen LogP contribution in [0.25, 0.3) is 6.08 Å². The van der Waals surface area contributed by atoms with Crippen molar-refractivity contribution in [2.45, 2.75) is 13.3 Å². The van der Waals surface area contributed by atoms with Gasteiger partial charge in [-0.05, 0) is 17.7 Å². The summed E-state index contributed by atoms with van der Waals surface area (Å²) < 4.78 is 4.99. The molecule has 5 nitrogen and oxygen atoms in total. The van der Waals surface area contributed by atoms with Crippen molar-refractivity contribution in [1.29, 1.82) is 5.26 Å². The molecule has 0 N–H and O–H groups in total. The highest BCUT2D eigenvalue weighted by Gasteiger charge is 2.08. The average Bonchev–Trinajstić information content (AvgIpc) is 2.35. The molecule has 5 heteroatoms. The summed E-state index contributed by atoms with van der Waals surface area (Å²) in [5.74, 6) is 0.462. The van der Waals surface area contributed by atoms with Gasteiger partial charge < -0.3 is 4.74 Å². The van der Waals surface area contributed by atoms with Crippen molar-refractivity contribution in [3.8, 4) is 11.8 Å². The van der Waals surface area contributed by atoms with Crippen molar-refractivity contribution >= 4 is 6.08 Å². The molecule has 0 aliphatic carbocycles. The number of methoxy groups -OCH3 is 1. The predicted octanol–water partition coefficient (Wildman–Crippen LogP) is 2.59. The third kappa shape index (κ3) is 3.05. The van der Waals surface area contributed by atoms with Crippen LogP contribution in [0.15, 0.2) is 23.9 Å². The Labute approximate surface area is 99.1 Å². The highest BCUT2D eigenvalue weighted by molar-refractivity contribution is 5.57. The van der Waals surface area contributed by atoms with Gasteiger partial charge in [0.1, 0.15) is 11.8 Å². The summed E-state index contributed by atoms with van der Waals surface area (Å²) >= 11 is 0. The molecular formula is C12H12N2O3. The zero-order valence-corrected chi connectivity index (χ0v) is 9.64. The number of ether oxygens (including phenoxy) is 1. The van der Waals surface area contributed by atoms with E-state index in [0.717, 1.165) is 0 Å². The van der Waals surface area contributed by atoms with Gasteiger partial charge in [-0.15, -0.1) is 0 Å². The molecule has 1 aromatic carbocycles. The highest BCUT2D eigenvalue weighted by Crippen LogP contribution is 2.20. The summed E-state index contributed by atoms with van der Waals surface area (Å²) in [6.07, 6.45) is 1.79. The predicted molar refractivity (Wildman–Crippen MR) is 63.0 cm³/mol. The van der Waals surface area contributed by atoms with Gasteiger partial charge in [-0.1, -0.05) is 13.0 Å². The van der Waals surface area contributed by atoms with E-state index in [1.54, 1.807) is 25.1 Å². The number of nitro groups is 1. The maximum atomic E-state index is 10.7. The molecule has 0 amide bonds. The van der Waals surface area contributed by atoms with Gasteiger partial charge in [0.15, 0.2) is 0 Å². The smallest absolute Gasteiger partial charge is 0.246 e. The van der Waals surface area contributed by atoms with Gasteiger partial charge in [-0.2, -0.15) is 5.26 Å². The zero-order valence-electron chi connectivity index (χ0n) is 9.64. The van der Waals surface area contributed by atoms with Gasteiger partial charge in [0, 0.05) is 12.5 Å². The summed E-state index contributed by atoms with van der Waals surface area (Å²) in [4.78, 5) is 10.2. The van der Waals surface area contributed by atoms with Gasteiger partial charge in [-0.25, -0.2) is 0 Å². The maximum Gasteiger partial charge on any atom is 0.246 e. The second-order valence-corrected chi connectivity index (χ2v) is 3.32. The van der Waals surface area contributed by atoms with Crippen molar-refractivity contribution in [2.24, 2.45) is 0 Å². The Bertz CT molecular complexity index is 501. The van der Waals surface area contributed by atoms with E-state index in [-0.39, 0.29) is 5.70 Å². The van der Waals surface area contributed by atoms with Crippen molar-refractivity contribution in [3.63, 3.8) is 0 Å². The minimum atomic E-state index is -0.420. The van der Waals surface area contributed by atoms with Crippen molar-refractivity contribution in [1.82, 2.24) is 0 Å². The number of hydrogen-bond acceptors (Lipinski definition) is 4. The molecule has 0 aromatic heterocycles. The first-order valence-corrected chi connectivity index (χ1v) is 5.05. The second-order valence-electron chi connectivity index (χ2n) is 3.32. The molecule has 0 aliphatic rings. The first-order chi connectivity index (χ1) is 8.12. The van der Waals surface area contributed by atoms with Crippen LogP contribution in [-0.4, -0.2) is 12.0 Å². The Morgan fingerprint density at radius 3 is 2.82 bits per heavy atom. The topological polar surface area (TPSA) is 76.2 Å². The molecule has 0 unspecified atom stereocenters. The number of nitriles is 1. The normalized spacial score (nSPS) is 10.8. The maximum absolute atomic E-state index is 10.7. The molecule has 0 fully saturated rings. The Balaban J connectivity index is 3.17. The Morgan fingerprint density at radius 2 is 2.35 bits per heavy atom. The number of hydrogen-bond donors (Lipinski definition) is 0. The second kappa shape index (κ2) is 5.66. The standard InChI is InChI=1S/C12H12N2O3/c1-3-11(14(15)16)7-9-4-5-12(17-2)10(6-9)8-13/h4-7H,3H2,1-2H3. The lowest BCUT2D eigenvalue weighted by atomic mass is 10.1. The van der Waals surface area contributed by atoms with Crippen molar-refractivity contribution in [2.75, 3.05) is 7.11 Å². The molecule has 88 valence electrons. The molecule has 0 saturated heterocycles. The fraction of sp³-hybridized carbons (Fsp3) is 0.250. The van der Waals surface area contributed by atoms with Crippen molar-refractivity contribution in [3.05, 3.63) is 45.1 Å². The van der Waals surface area contributed by atoms with Crippen LogP contribution in [-0.2, 0) is 0 Å². The van der Waals surface area contributed by atoms with Gasteiger partial charge in [0.25, 0.3) is 0 Å². The lowest BCUT2D eigenvalue weighted by Gasteiger charge is -2.03. The SMILES string of the molecule is CCC(=Cc1ccc(OC)c(C#N)c1)[N+](=O)[O-]. The number of benzene rings is 1. The molecule has 1 aromatic rings. The van der Waals surface area contributed by atoms with Gasteiger partial charge in [0.2, 0.25) is 5.70 Å². The third-order valence-electron chi connectivity index (χ3n) is 2.27. The van der Waals surface area contributed by atoms with Crippen LogP contribution in [0.5, 0.6) is 5.75 Å². The largest absolute Gasteiger partial charge is 0.495 e. The quantitative estimate of drug-likeness (QED) is 0.590. The summed E-state index contributed by atoms with van der Waals surface area (Å²) in [6.45, 7) is 1.71. The fourth-order valence-corrected chi connectivity index (χ4v) is 1.38. The van der Waals surface area contributed by atoms with E-state index < -0.39 is 4.92 Å². The fourth-order valence-electron chi connectivity index (χ4n) is 1.38. The number of rotatable bonds is 4. The van der Waals surface area contributed by atoms with E-state index in [4.69, 9.17) is 10.00 Å². The highest BCUT2D eigenvalue weighted by atomic mass is 16.6. The Morgan fingerprint density at radius 1 is 1.65 bits per heavy atom. The van der Waals surface area contributed by atoms with Crippen LogP contribution in [0.4, 0.5) is 0 Å². The average molecular weight is 232 g/mol. The number of nitrogens with zero attached hydrogens (tertiary/aromatic N) is 2. The molecule has 0 bridgehead atoms. The van der Waals surface area contributed by atoms with Crippen LogP contribution < -0.4 is 4.74 Å². The van der Waals surface area contributed by atoms with Crippen LogP contribution in [0.2, 0.25) is 0 Å². The summed E-state index contributed by atoms with van der Waals surface area (Å²) in [7, 11) is 1.47. The third-order valence-corrected chi connectivity index (χ3v) is 2.27. The van der Waals surface area contributed by atoms with Gasteiger partial charge >= 0.3 is 0 Å². The summed E-state index contributed by atoms with van der Waals surface area (Å²) in [5.41, 5.74) is 1.09. The minimum Gasteiger partial charge on any atom is -0.495 e. The lowest BCUT2D eigenvalue weighted by molar-refractivity contribution is -0.425. The summed E-state index contributed by atoms with van der Waals surface area (Å²) in [6, 6.07) is 6.85. The molecular weight excluding hydrogens is 220 g/mol. The Hall–Kier alpha value is -2.35. The molecule has 0 saturated carbocycles. The first-order valence-electron chi connectivity index (χ1n) is 5.05. The summed E-state index contributed by atoms with van der Waals surface area (Å²) in [5, 5.41) is 19.5. The van der Waals surface area contributed by atoms with Crippen LogP contribution in [0.3, 0.4) is 0 Å². The molecule has 17 heavy (non-hydrogen) atoms. The van der Waals surface area contributed by atoms with Gasteiger partial charge in [-0.3, -0.25) is 10.1 Å². The molecule has 1 rings (SSSR count). The van der Waals surface area contributed by atoms with E-state index in [1.165, 1.54) is 13.2 Å².